The number of aryl methyl sites for hydroxylation is 2. The van der Waals surface area contributed by atoms with Crippen molar-refractivity contribution in [3.8, 4) is 0 Å². The Labute approximate surface area is 108 Å². The molecular weight excluding hydrogens is 224 g/mol. The van der Waals surface area contributed by atoms with E-state index in [0.717, 1.165) is 29.0 Å². The summed E-state index contributed by atoms with van der Waals surface area (Å²) in [6.07, 6.45) is 1.02. The van der Waals surface area contributed by atoms with E-state index in [4.69, 9.17) is 10.2 Å². The molecule has 0 saturated heterocycles. The van der Waals surface area contributed by atoms with Crippen LogP contribution in [-0.2, 0) is 0 Å². The summed E-state index contributed by atoms with van der Waals surface area (Å²) in [4.78, 5) is 4.61. The van der Waals surface area contributed by atoms with Gasteiger partial charge >= 0.3 is 0 Å². The molecule has 0 aliphatic heterocycles. The van der Waals surface area contributed by atoms with Gasteiger partial charge in [-0.15, -0.1) is 0 Å². The van der Waals surface area contributed by atoms with Crippen molar-refractivity contribution >= 4 is 11.1 Å². The lowest BCUT2D eigenvalue weighted by Crippen LogP contribution is -2.14. The van der Waals surface area contributed by atoms with Crippen molar-refractivity contribution in [2.24, 2.45) is 11.7 Å². The molecule has 0 fully saturated rings. The number of rotatable bonds is 4. The first-order chi connectivity index (χ1) is 8.51. The number of oxazole rings is 1. The second kappa shape index (κ2) is 5.11. The highest BCUT2D eigenvalue weighted by atomic mass is 16.3. The van der Waals surface area contributed by atoms with Crippen LogP contribution < -0.4 is 5.73 Å². The lowest BCUT2D eigenvalue weighted by molar-refractivity contribution is 0.414. The summed E-state index contributed by atoms with van der Waals surface area (Å²) in [5.41, 5.74) is 10.1. The third-order valence-electron chi connectivity index (χ3n) is 3.23. The lowest BCUT2D eigenvalue weighted by Gasteiger charge is -2.12. The van der Waals surface area contributed by atoms with Gasteiger partial charge in [0.05, 0.1) is 0 Å². The SMILES string of the molecule is Cc1cc(C)c2oc(C(CN)CC(C)C)nc2c1. The maximum Gasteiger partial charge on any atom is 0.199 e. The fourth-order valence-electron chi connectivity index (χ4n) is 2.44. The zero-order valence-corrected chi connectivity index (χ0v) is 11.7. The molecule has 1 aromatic heterocycles. The summed E-state index contributed by atoms with van der Waals surface area (Å²) in [6, 6.07) is 4.19. The third-order valence-corrected chi connectivity index (χ3v) is 3.23. The fourth-order valence-corrected chi connectivity index (χ4v) is 2.44. The van der Waals surface area contributed by atoms with Crippen molar-refractivity contribution in [1.82, 2.24) is 4.98 Å². The first-order valence-electron chi connectivity index (χ1n) is 6.59. The van der Waals surface area contributed by atoms with Gasteiger partial charge in [-0.25, -0.2) is 4.98 Å². The van der Waals surface area contributed by atoms with Crippen LogP contribution in [0.1, 0.15) is 43.2 Å². The molecule has 0 bridgehead atoms. The maximum absolute atomic E-state index is 5.92. The summed E-state index contributed by atoms with van der Waals surface area (Å²) < 4.78 is 5.92. The minimum absolute atomic E-state index is 0.220. The number of nitrogens with two attached hydrogens (primary N) is 1. The molecule has 0 aliphatic carbocycles. The van der Waals surface area contributed by atoms with Crippen LogP contribution in [0.2, 0.25) is 0 Å². The Kier molecular flexibility index (Phi) is 3.71. The minimum Gasteiger partial charge on any atom is -0.440 e. The lowest BCUT2D eigenvalue weighted by atomic mass is 9.97. The Hall–Kier alpha value is -1.35. The Balaban J connectivity index is 2.42. The predicted molar refractivity (Wildman–Crippen MR) is 74.7 cm³/mol. The van der Waals surface area contributed by atoms with E-state index in [2.05, 4.69) is 44.8 Å². The molecule has 2 rings (SSSR count). The van der Waals surface area contributed by atoms with Gasteiger partial charge in [0.15, 0.2) is 11.5 Å². The fraction of sp³-hybridized carbons (Fsp3) is 0.533. The van der Waals surface area contributed by atoms with E-state index in [1.165, 1.54) is 5.56 Å². The molecule has 0 radical (unpaired) electrons. The van der Waals surface area contributed by atoms with E-state index in [1.807, 2.05) is 0 Å². The summed E-state index contributed by atoms with van der Waals surface area (Å²) >= 11 is 0. The molecule has 0 amide bonds. The average Bonchev–Trinajstić information content (AvgIpc) is 2.69. The van der Waals surface area contributed by atoms with Crippen molar-refractivity contribution in [2.75, 3.05) is 6.54 Å². The van der Waals surface area contributed by atoms with Gasteiger partial charge in [-0.1, -0.05) is 19.9 Å². The minimum atomic E-state index is 0.220. The third kappa shape index (κ3) is 2.56. The quantitative estimate of drug-likeness (QED) is 0.897. The Morgan fingerprint density at radius 1 is 1.28 bits per heavy atom. The van der Waals surface area contributed by atoms with E-state index in [9.17, 15) is 0 Å². The van der Waals surface area contributed by atoms with Gasteiger partial charge in [0.25, 0.3) is 0 Å². The molecule has 1 atom stereocenters. The highest BCUT2D eigenvalue weighted by Crippen LogP contribution is 2.28. The smallest absolute Gasteiger partial charge is 0.199 e. The van der Waals surface area contributed by atoms with Gasteiger partial charge in [0.2, 0.25) is 0 Å². The van der Waals surface area contributed by atoms with Gasteiger partial charge in [0.1, 0.15) is 5.52 Å². The highest BCUT2D eigenvalue weighted by Gasteiger charge is 2.19. The molecule has 1 heterocycles. The monoisotopic (exact) mass is 246 g/mol. The molecule has 3 heteroatoms. The summed E-state index contributed by atoms with van der Waals surface area (Å²) in [7, 11) is 0. The molecule has 1 aromatic carbocycles. The van der Waals surface area contributed by atoms with Crippen LogP contribution in [0.25, 0.3) is 11.1 Å². The van der Waals surface area contributed by atoms with Gasteiger partial charge < -0.3 is 10.2 Å². The number of aromatic nitrogens is 1. The average molecular weight is 246 g/mol. The summed E-state index contributed by atoms with van der Waals surface area (Å²) in [5.74, 6) is 1.60. The second-order valence-corrected chi connectivity index (χ2v) is 5.54. The van der Waals surface area contributed by atoms with Crippen molar-refractivity contribution in [3.63, 3.8) is 0 Å². The molecule has 98 valence electrons. The topological polar surface area (TPSA) is 52.0 Å². The van der Waals surface area contributed by atoms with Gasteiger partial charge in [-0.3, -0.25) is 0 Å². The van der Waals surface area contributed by atoms with Gasteiger partial charge in [0, 0.05) is 12.5 Å². The van der Waals surface area contributed by atoms with E-state index < -0.39 is 0 Å². The van der Waals surface area contributed by atoms with Crippen molar-refractivity contribution in [2.45, 2.75) is 40.0 Å². The Morgan fingerprint density at radius 2 is 2.00 bits per heavy atom. The Morgan fingerprint density at radius 3 is 2.61 bits per heavy atom. The van der Waals surface area contributed by atoms with Crippen LogP contribution in [0.4, 0.5) is 0 Å². The maximum atomic E-state index is 5.92. The Bertz CT molecular complexity index is 543. The largest absolute Gasteiger partial charge is 0.440 e. The molecule has 3 nitrogen and oxygen atoms in total. The van der Waals surface area contributed by atoms with Gasteiger partial charge in [-0.2, -0.15) is 0 Å². The molecule has 18 heavy (non-hydrogen) atoms. The predicted octanol–water partition coefficient (Wildman–Crippen LogP) is 3.53. The van der Waals surface area contributed by atoms with Crippen LogP contribution in [-0.4, -0.2) is 11.5 Å². The number of hydrogen-bond acceptors (Lipinski definition) is 3. The number of hydrogen-bond donors (Lipinski definition) is 1. The summed E-state index contributed by atoms with van der Waals surface area (Å²) in [5, 5.41) is 0. The molecule has 1 unspecified atom stereocenters. The molecule has 2 N–H and O–H groups in total. The number of fused-ring (bicyclic) bond motifs is 1. The van der Waals surface area contributed by atoms with E-state index in [-0.39, 0.29) is 5.92 Å². The van der Waals surface area contributed by atoms with Crippen LogP contribution >= 0.6 is 0 Å². The van der Waals surface area contributed by atoms with Crippen molar-refractivity contribution in [1.29, 1.82) is 0 Å². The van der Waals surface area contributed by atoms with Gasteiger partial charge in [-0.05, 0) is 43.4 Å². The van der Waals surface area contributed by atoms with E-state index in [0.29, 0.717) is 12.5 Å². The van der Waals surface area contributed by atoms with Crippen molar-refractivity contribution in [3.05, 3.63) is 29.2 Å². The molecular formula is C15H22N2O. The summed E-state index contributed by atoms with van der Waals surface area (Å²) in [6.45, 7) is 9.12. The van der Waals surface area contributed by atoms with E-state index in [1.54, 1.807) is 0 Å². The van der Waals surface area contributed by atoms with Crippen LogP contribution in [0, 0.1) is 19.8 Å². The van der Waals surface area contributed by atoms with Crippen LogP contribution in [0.3, 0.4) is 0 Å². The van der Waals surface area contributed by atoms with E-state index >= 15 is 0 Å². The van der Waals surface area contributed by atoms with Crippen LogP contribution in [0.15, 0.2) is 16.5 Å². The van der Waals surface area contributed by atoms with Crippen LogP contribution in [0.5, 0.6) is 0 Å². The first kappa shape index (κ1) is 13.1. The normalized spacial score (nSPS) is 13.4. The zero-order chi connectivity index (χ0) is 13.3. The zero-order valence-electron chi connectivity index (χ0n) is 11.7. The molecule has 0 aliphatic rings. The number of nitrogens with zero attached hydrogens (tertiary/aromatic N) is 1. The molecule has 0 saturated carbocycles. The molecule has 2 aromatic rings. The standard InChI is InChI=1S/C15H22N2O/c1-9(2)5-12(8-16)15-17-13-7-10(3)6-11(4)14(13)18-15/h6-7,9,12H,5,8,16H2,1-4H3. The van der Waals surface area contributed by atoms with Crippen molar-refractivity contribution < 1.29 is 4.42 Å². The number of benzene rings is 1. The second-order valence-electron chi connectivity index (χ2n) is 5.54. The first-order valence-corrected chi connectivity index (χ1v) is 6.59. The molecule has 0 spiro atoms. The highest BCUT2D eigenvalue weighted by molar-refractivity contribution is 5.77.